The zero-order valence-corrected chi connectivity index (χ0v) is 14.0. The molecule has 2 atom stereocenters. The van der Waals surface area contributed by atoms with Crippen LogP contribution >= 0.6 is 0 Å². The van der Waals surface area contributed by atoms with Crippen LogP contribution < -0.4 is 14.8 Å². The van der Waals surface area contributed by atoms with Gasteiger partial charge in [-0.3, -0.25) is 4.68 Å². The van der Waals surface area contributed by atoms with Crippen LogP contribution in [0.3, 0.4) is 0 Å². The lowest BCUT2D eigenvalue weighted by Crippen LogP contribution is -2.38. The van der Waals surface area contributed by atoms with Crippen LogP contribution in [0.1, 0.15) is 30.4 Å². The summed E-state index contributed by atoms with van der Waals surface area (Å²) in [4.78, 5) is 0. The van der Waals surface area contributed by atoms with Crippen molar-refractivity contribution in [2.24, 2.45) is 7.05 Å². The Labute approximate surface area is 142 Å². The Hall–Kier alpha value is -2.52. The van der Waals surface area contributed by atoms with Gasteiger partial charge >= 0.3 is 0 Å². The number of aryl methyl sites for hydroxylation is 1. The standard InChI is InChI=1S/C18H22N4O2/c1-22-12-15(11-21-22)24-18-5-3-4-16(18)20-10-13-6-7-17(23-2)14(8-13)9-19/h6-8,11-12,16,18,20H,3-5,10H2,1-2H3/t16-,18+/m0/s1. The van der Waals surface area contributed by atoms with E-state index in [1.807, 2.05) is 31.4 Å². The van der Waals surface area contributed by atoms with E-state index < -0.39 is 0 Å². The molecule has 126 valence electrons. The van der Waals surface area contributed by atoms with E-state index in [2.05, 4.69) is 16.5 Å². The van der Waals surface area contributed by atoms with Gasteiger partial charge in [-0.15, -0.1) is 0 Å². The Morgan fingerprint density at radius 1 is 1.42 bits per heavy atom. The Morgan fingerprint density at radius 3 is 3.00 bits per heavy atom. The third-order valence-corrected chi connectivity index (χ3v) is 4.37. The number of ether oxygens (including phenoxy) is 2. The lowest BCUT2D eigenvalue weighted by Gasteiger charge is -2.21. The molecular formula is C18H22N4O2. The molecular weight excluding hydrogens is 304 g/mol. The van der Waals surface area contributed by atoms with Crippen molar-refractivity contribution in [1.82, 2.24) is 15.1 Å². The molecule has 1 aliphatic rings. The molecule has 1 aromatic heterocycles. The molecule has 0 aliphatic heterocycles. The maximum atomic E-state index is 9.18. The van der Waals surface area contributed by atoms with Crippen LogP contribution in [0.5, 0.6) is 11.5 Å². The number of aromatic nitrogens is 2. The summed E-state index contributed by atoms with van der Waals surface area (Å²) in [6.07, 6.45) is 7.07. The van der Waals surface area contributed by atoms with Crippen LogP contribution in [0.2, 0.25) is 0 Å². The summed E-state index contributed by atoms with van der Waals surface area (Å²) < 4.78 is 13.0. The van der Waals surface area contributed by atoms with Gasteiger partial charge in [0.05, 0.1) is 25.1 Å². The average molecular weight is 326 g/mol. The summed E-state index contributed by atoms with van der Waals surface area (Å²) in [5.74, 6) is 1.42. The number of rotatable bonds is 6. The zero-order valence-electron chi connectivity index (χ0n) is 14.0. The predicted octanol–water partition coefficient (Wildman–Crippen LogP) is 2.39. The molecule has 24 heavy (non-hydrogen) atoms. The minimum Gasteiger partial charge on any atom is -0.495 e. The first-order valence-corrected chi connectivity index (χ1v) is 8.15. The lowest BCUT2D eigenvalue weighted by atomic mass is 10.1. The lowest BCUT2D eigenvalue weighted by molar-refractivity contribution is 0.174. The highest BCUT2D eigenvalue weighted by Gasteiger charge is 2.28. The Morgan fingerprint density at radius 2 is 2.29 bits per heavy atom. The van der Waals surface area contributed by atoms with Gasteiger partial charge in [-0.1, -0.05) is 6.07 Å². The summed E-state index contributed by atoms with van der Waals surface area (Å²) in [6.45, 7) is 0.705. The fourth-order valence-corrected chi connectivity index (χ4v) is 3.14. The molecule has 0 amide bonds. The molecule has 1 fully saturated rings. The van der Waals surface area contributed by atoms with Gasteiger partial charge in [0.1, 0.15) is 17.9 Å². The molecule has 2 aromatic rings. The van der Waals surface area contributed by atoms with E-state index in [0.29, 0.717) is 23.9 Å². The minimum atomic E-state index is 0.155. The fraction of sp³-hybridized carbons (Fsp3) is 0.444. The number of benzene rings is 1. The molecule has 1 aromatic carbocycles. The Kier molecular flexibility index (Phi) is 5.02. The second-order valence-corrected chi connectivity index (χ2v) is 6.07. The average Bonchev–Trinajstić information content (AvgIpc) is 3.21. The summed E-state index contributed by atoms with van der Waals surface area (Å²) in [7, 11) is 3.46. The van der Waals surface area contributed by atoms with Crippen molar-refractivity contribution in [1.29, 1.82) is 5.26 Å². The second-order valence-electron chi connectivity index (χ2n) is 6.07. The van der Waals surface area contributed by atoms with Gasteiger partial charge in [-0.05, 0) is 37.0 Å². The number of nitrogens with one attached hydrogen (secondary N) is 1. The molecule has 3 rings (SSSR count). The van der Waals surface area contributed by atoms with Gasteiger partial charge in [-0.25, -0.2) is 0 Å². The first-order valence-electron chi connectivity index (χ1n) is 8.15. The van der Waals surface area contributed by atoms with Gasteiger partial charge in [0.25, 0.3) is 0 Å². The van der Waals surface area contributed by atoms with E-state index in [1.54, 1.807) is 18.0 Å². The van der Waals surface area contributed by atoms with E-state index in [-0.39, 0.29) is 6.10 Å². The Balaban J connectivity index is 1.60. The van der Waals surface area contributed by atoms with E-state index >= 15 is 0 Å². The van der Waals surface area contributed by atoms with Crippen molar-refractivity contribution in [3.8, 4) is 17.6 Å². The first kappa shape index (κ1) is 16.3. The van der Waals surface area contributed by atoms with Crippen molar-refractivity contribution in [3.05, 3.63) is 41.7 Å². The van der Waals surface area contributed by atoms with Crippen LogP contribution in [0, 0.1) is 11.3 Å². The molecule has 0 bridgehead atoms. The van der Waals surface area contributed by atoms with Gasteiger partial charge in [0.15, 0.2) is 5.75 Å². The number of methoxy groups -OCH3 is 1. The molecule has 0 spiro atoms. The molecule has 1 N–H and O–H groups in total. The van der Waals surface area contributed by atoms with Crippen molar-refractivity contribution < 1.29 is 9.47 Å². The molecule has 1 heterocycles. The van der Waals surface area contributed by atoms with Gasteiger partial charge in [-0.2, -0.15) is 10.4 Å². The van der Waals surface area contributed by atoms with Crippen LogP contribution in [0.25, 0.3) is 0 Å². The van der Waals surface area contributed by atoms with Crippen LogP contribution in [0.4, 0.5) is 0 Å². The minimum absolute atomic E-state index is 0.155. The van der Waals surface area contributed by atoms with E-state index in [9.17, 15) is 5.26 Å². The maximum absolute atomic E-state index is 9.18. The quantitative estimate of drug-likeness (QED) is 0.882. The topological polar surface area (TPSA) is 72.1 Å². The number of nitrogens with zero attached hydrogens (tertiary/aromatic N) is 3. The zero-order chi connectivity index (χ0) is 16.9. The van der Waals surface area contributed by atoms with E-state index in [1.165, 1.54) is 0 Å². The largest absolute Gasteiger partial charge is 0.495 e. The van der Waals surface area contributed by atoms with Gasteiger partial charge in [0, 0.05) is 19.6 Å². The third kappa shape index (κ3) is 3.69. The van der Waals surface area contributed by atoms with E-state index in [4.69, 9.17) is 9.47 Å². The van der Waals surface area contributed by atoms with Gasteiger partial charge < -0.3 is 14.8 Å². The molecule has 0 unspecified atom stereocenters. The predicted molar refractivity (Wildman–Crippen MR) is 89.8 cm³/mol. The summed E-state index contributed by atoms with van der Waals surface area (Å²) in [5, 5.41) is 16.9. The smallest absolute Gasteiger partial charge is 0.157 e. The van der Waals surface area contributed by atoms with Crippen molar-refractivity contribution in [2.45, 2.75) is 38.0 Å². The summed E-state index contributed by atoms with van der Waals surface area (Å²) in [6, 6.07) is 8.17. The van der Waals surface area contributed by atoms with Crippen LogP contribution in [-0.2, 0) is 13.6 Å². The van der Waals surface area contributed by atoms with Crippen LogP contribution in [0.15, 0.2) is 30.6 Å². The monoisotopic (exact) mass is 326 g/mol. The Bertz CT molecular complexity index is 735. The molecule has 0 saturated heterocycles. The highest BCUT2D eigenvalue weighted by Crippen LogP contribution is 2.25. The normalized spacial score (nSPS) is 19.9. The summed E-state index contributed by atoms with van der Waals surface area (Å²) in [5.41, 5.74) is 1.63. The maximum Gasteiger partial charge on any atom is 0.157 e. The first-order chi connectivity index (χ1) is 11.7. The molecule has 6 heteroatoms. The SMILES string of the molecule is COc1ccc(CN[C@H]2CCC[C@H]2Oc2cnn(C)c2)cc1C#N. The van der Waals surface area contributed by atoms with Gasteiger partial charge in [0.2, 0.25) is 0 Å². The molecule has 1 saturated carbocycles. The van der Waals surface area contributed by atoms with Crippen molar-refractivity contribution in [3.63, 3.8) is 0 Å². The molecule has 6 nitrogen and oxygen atoms in total. The van der Waals surface area contributed by atoms with Crippen molar-refractivity contribution >= 4 is 0 Å². The van der Waals surface area contributed by atoms with Crippen molar-refractivity contribution in [2.75, 3.05) is 7.11 Å². The number of hydrogen-bond acceptors (Lipinski definition) is 5. The highest BCUT2D eigenvalue weighted by molar-refractivity contribution is 5.45. The second kappa shape index (κ2) is 7.37. The fourth-order valence-electron chi connectivity index (χ4n) is 3.14. The number of nitriles is 1. The van der Waals surface area contributed by atoms with E-state index in [0.717, 1.165) is 30.6 Å². The molecule has 1 aliphatic carbocycles. The number of hydrogen-bond donors (Lipinski definition) is 1. The summed E-state index contributed by atoms with van der Waals surface area (Å²) >= 11 is 0. The third-order valence-electron chi connectivity index (χ3n) is 4.37. The van der Waals surface area contributed by atoms with Crippen LogP contribution in [-0.4, -0.2) is 29.0 Å². The highest BCUT2D eigenvalue weighted by atomic mass is 16.5. The molecule has 0 radical (unpaired) electrons.